The Bertz CT molecular complexity index is 218. The molecule has 0 unspecified atom stereocenters. The summed E-state index contributed by atoms with van der Waals surface area (Å²) in [6.07, 6.45) is 1.09. The average Bonchev–Trinajstić information content (AvgIpc) is 2.06. The normalized spacial score (nSPS) is 10.0. The van der Waals surface area contributed by atoms with Crippen LogP contribution in [-0.2, 0) is 17.8 Å². The maximum atomic E-state index is 5.03. The molecule has 0 aliphatic rings. The molecular weight excluding hydrogens is 136 g/mol. The molecule has 0 atom stereocenters. The molecule has 0 radical (unpaired) electrons. The molecule has 1 aromatic carbocycles. The van der Waals surface area contributed by atoms with E-state index in [0.717, 1.165) is 6.42 Å². The lowest BCUT2D eigenvalue weighted by Gasteiger charge is -2.01. The molecule has 0 bridgehead atoms. The summed E-state index contributed by atoms with van der Waals surface area (Å²) in [5.74, 6) is 0. The third-order valence-electron chi connectivity index (χ3n) is 1.71. The summed E-state index contributed by atoms with van der Waals surface area (Å²) < 4.78 is 5.03. The third kappa shape index (κ3) is 2.35. The van der Waals surface area contributed by atoms with E-state index in [1.165, 1.54) is 11.1 Å². The Kier molecular flexibility index (Phi) is 3.12. The summed E-state index contributed by atoms with van der Waals surface area (Å²) in [4.78, 5) is 0. The van der Waals surface area contributed by atoms with E-state index in [-0.39, 0.29) is 0 Å². The Hall–Kier alpha value is -0.820. The van der Waals surface area contributed by atoms with Crippen molar-refractivity contribution in [3.05, 3.63) is 35.4 Å². The fourth-order valence-corrected chi connectivity index (χ4v) is 1.11. The summed E-state index contributed by atoms with van der Waals surface area (Å²) in [5.41, 5.74) is 2.63. The van der Waals surface area contributed by atoms with Gasteiger partial charge in [0.15, 0.2) is 0 Å². The fraction of sp³-hybridized carbons (Fsp3) is 0.400. The molecule has 0 aromatic heterocycles. The second kappa shape index (κ2) is 4.14. The highest BCUT2D eigenvalue weighted by Gasteiger charge is 1.92. The molecule has 0 N–H and O–H groups in total. The molecule has 0 saturated carbocycles. The Balaban J connectivity index is 2.74. The molecule has 0 heterocycles. The van der Waals surface area contributed by atoms with Crippen molar-refractivity contribution >= 4 is 0 Å². The highest BCUT2D eigenvalue weighted by molar-refractivity contribution is 5.22. The number of benzene rings is 1. The van der Waals surface area contributed by atoms with Gasteiger partial charge in [-0.2, -0.15) is 0 Å². The smallest absolute Gasteiger partial charge is 0.0713 e. The molecule has 1 nitrogen and oxygen atoms in total. The second-order valence-electron chi connectivity index (χ2n) is 2.61. The van der Waals surface area contributed by atoms with Gasteiger partial charge in [0.05, 0.1) is 6.61 Å². The summed E-state index contributed by atoms with van der Waals surface area (Å²) in [7, 11) is 1.72. The molecule has 0 aliphatic carbocycles. The van der Waals surface area contributed by atoms with Gasteiger partial charge in [-0.15, -0.1) is 0 Å². The van der Waals surface area contributed by atoms with E-state index >= 15 is 0 Å². The van der Waals surface area contributed by atoms with Crippen LogP contribution in [0.3, 0.4) is 0 Å². The molecule has 0 amide bonds. The van der Waals surface area contributed by atoms with E-state index < -0.39 is 0 Å². The Morgan fingerprint density at radius 2 is 2.00 bits per heavy atom. The number of ether oxygens (including phenoxy) is 1. The number of hydrogen-bond donors (Lipinski definition) is 0. The van der Waals surface area contributed by atoms with Gasteiger partial charge in [-0.3, -0.25) is 0 Å². The first-order valence-corrected chi connectivity index (χ1v) is 3.93. The zero-order chi connectivity index (χ0) is 8.10. The van der Waals surface area contributed by atoms with Crippen molar-refractivity contribution in [2.24, 2.45) is 0 Å². The van der Waals surface area contributed by atoms with Gasteiger partial charge in [0.25, 0.3) is 0 Å². The quantitative estimate of drug-likeness (QED) is 0.643. The van der Waals surface area contributed by atoms with Crippen LogP contribution < -0.4 is 0 Å². The van der Waals surface area contributed by atoms with Crippen molar-refractivity contribution in [1.29, 1.82) is 0 Å². The van der Waals surface area contributed by atoms with Gasteiger partial charge in [0.1, 0.15) is 0 Å². The van der Waals surface area contributed by atoms with Crippen molar-refractivity contribution in [2.45, 2.75) is 20.0 Å². The van der Waals surface area contributed by atoms with Crippen molar-refractivity contribution in [3.63, 3.8) is 0 Å². The standard InChI is InChI=1S/C10H14O/c1-3-9-5-4-6-10(7-9)8-11-2/h4-7H,3,8H2,1-2H3. The highest BCUT2D eigenvalue weighted by Crippen LogP contribution is 2.06. The number of rotatable bonds is 3. The highest BCUT2D eigenvalue weighted by atomic mass is 16.5. The van der Waals surface area contributed by atoms with Gasteiger partial charge in [0.2, 0.25) is 0 Å². The van der Waals surface area contributed by atoms with E-state index in [0.29, 0.717) is 6.61 Å². The summed E-state index contributed by atoms with van der Waals surface area (Å²) in [6.45, 7) is 2.87. The molecule has 60 valence electrons. The number of hydrogen-bond acceptors (Lipinski definition) is 1. The Morgan fingerprint density at radius 3 is 2.64 bits per heavy atom. The predicted octanol–water partition coefficient (Wildman–Crippen LogP) is 2.40. The molecule has 1 aromatic rings. The number of methoxy groups -OCH3 is 1. The van der Waals surface area contributed by atoms with Gasteiger partial charge >= 0.3 is 0 Å². The molecule has 0 saturated heterocycles. The molecule has 0 spiro atoms. The van der Waals surface area contributed by atoms with Crippen LogP contribution in [-0.4, -0.2) is 7.11 Å². The van der Waals surface area contributed by atoms with Crippen LogP contribution in [0.1, 0.15) is 18.1 Å². The minimum atomic E-state index is 0.716. The molecule has 1 heteroatoms. The Morgan fingerprint density at radius 1 is 1.27 bits per heavy atom. The van der Waals surface area contributed by atoms with Gasteiger partial charge in [-0.05, 0) is 17.5 Å². The van der Waals surface area contributed by atoms with E-state index in [1.54, 1.807) is 7.11 Å². The van der Waals surface area contributed by atoms with Gasteiger partial charge < -0.3 is 4.74 Å². The predicted molar refractivity (Wildman–Crippen MR) is 46.5 cm³/mol. The largest absolute Gasteiger partial charge is 0.380 e. The van der Waals surface area contributed by atoms with Crippen molar-refractivity contribution < 1.29 is 4.74 Å². The van der Waals surface area contributed by atoms with Crippen molar-refractivity contribution in [3.8, 4) is 0 Å². The van der Waals surface area contributed by atoms with Crippen LogP contribution in [0.5, 0.6) is 0 Å². The number of aryl methyl sites for hydroxylation is 1. The molecule has 1 rings (SSSR count). The SMILES string of the molecule is CCc1cccc(COC)c1. The summed E-state index contributed by atoms with van der Waals surface area (Å²) in [5, 5.41) is 0. The van der Waals surface area contributed by atoms with Crippen LogP contribution in [0.4, 0.5) is 0 Å². The molecule has 0 fully saturated rings. The van der Waals surface area contributed by atoms with Crippen LogP contribution in [0.2, 0.25) is 0 Å². The maximum Gasteiger partial charge on any atom is 0.0713 e. The first-order chi connectivity index (χ1) is 5.36. The zero-order valence-corrected chi connectivity index (χ0v) is 7.13. The van der Waals surface area contributed by atoms with E-state index in [1.807, 2.05) is 0 Å². The second-order valence-corrected chi connectivity index (χ2v) is 2.61. The summed E-state index contributed by atoms with van der Waals surface area (Å²) in [6, 6.07) is 8.48. The van der Waals surface area contributed by atoms with Gasteiger partial charge in [-0.25, -0.2) is 0 Å². The lowest BCUT2D eigenvalue weighted by Crippen LogP contribution is -1.88. The minimum absolute atomic E-state index is 0.716. The fourth-order valence-electron chi connectivity index (χ4n) is 1.11. The first-order valence-electron chi connectivity index (χ1n) is 3.93. The van der Waals surface area contributed by atoms with Gasteiger partial charge in [0, 0.05) is 7.11 Å². The van der Waals surface area contributed by atoms with E-state index in [4.69, 9.17) is 4.74 Å². The van der Waals surface area contributed by atoms with Crippen molar-refractivity contribution in [1.82, 2.24) is 0 Å². The topological polar surface area (TPSA) is 9.23 Å². The zero-order valence-electron chi connectivity index (χ0n) is 7.13. The third-order valence-corrected chi connectivity index (χ3v) is 1.71. The summed E-state index contributed by atoms with van der Waals surface area (Å²) >= 11 is 0. The lowest BCUT2D eigenvalue weighted by atomic mass is 10.1. The van der Waals surface area contributed by atoms with E-state index in [9.17, 15) is 0 Å². The monoisotopic (exact) mass is 150 g/mol. The van der Waals surface area contributed by atoms with Crippen LogP contribution in [0, 0.1) is 0 Å². The molecular formula is C10H14O. The molecule has 11 heavy (non-hydrogen) atoms. The van der Waals surface area contributed by atoms with Gasteiger partial charge in [-0.1, -0.05) is 31.2 Å². The van der Waals surface area contributed by atoms with E-state index in [2.05, 4.69) is 31.2 Å². The minimum Gasteiger partial charge on any atom is -0.380 e. The van der Waals surface area contributed by atoms with Crippen molar-refractivity contribution in [2.75, 3.05) is 7.11 Å². The van der Waals surface area contributed by atoms with Crippen LogP contribution in [0.15, 0.2) is 24.3 Å². The molecule has 0 aliphatic heterocycles. The Labute approximate surface area is 68.0 Å². The maximum absolute atomic E-state index is 5.03. The van der Waals surface area contributed by atoms with Crippen LogP contribution >= 0.6 is 0 Å². The average molecular weight is 150 g/mol. The van der Waals surface area contributed by atoms with Crippen LogP contribution in [0.25, 0.3) is 0 Å². The lowest BCUT2D eigenvalue weighted by molar-refractivity contribution is 0.185. The first kappa shape index (κ1) is 8.28.